The fourth-order valence-corrected chi connectivity index (χ4v) is 4.46. The van der Waals surface area contributed by atoms with Gasteiger partial charge in [-0.2, -0.15) is 0 Å². The molecule has 0 bridgehead atoms. The molecule has 2 heterocycles. The number of nitrogens with one attached hydrogen (secondary N) is 2. The Labute approximate surface area is 218 Å². The highest BCUT2D eigenvalue weighted by molar-refractivity contribution is 6.09. The summed E-state index contributed by atoms with van der Waals surface area (Å²) in [5, 5.41) is 16.2. The van der Waals surface area contributed by atoms with Crippen molar-refractivity contribution in [3.8, 4) is 11.3 Å². The first-order chi connectivity index (χ1) is 17.5. The number of carboxylic acids is 1. The van der Waals surface area contributed by atoms with E-state index in [0.717, 1.165) is 41.9 Å². The van der Waals surface area contributed by atoms with Crippen molar-refractivity contribution in [1.29, 1.82) is 0 Å². The van der Waals surface area contributed by atoms with Gasteiger partial charge in [0.05, 0.1) is 5.69 Å². The number of anilines is 2. The summed E-state index contributed by atoms with van der Waals surface area (Å²) in [6, 6.07) is 10.1. The predicted molar refractivity (Wildman–Crippen MR) is 146 cm³/mol. The van der Waals surface area contributed by atoms with Crippen molar-refractivity contribution < 1.29 is 19.4 Å². The third-order valence-electron chi connectivity index (χ3n) is 6.09. The zero-order valence-corrected chi connectivity index (χ0v) is 22.2. The number of pyridine rings is 1. The van der Waals surface area contributed by atoms with Crippen molar-refractivity contribution in [2.75, 3.05) is 38.2 Å². The van der Waals surface area contributed by atoms with Crippen LogP contribution in [0, 0.1) is 0 Å². The molecule has 1 fully saturated rings. The van der Waals surface area contributed by atoms with Crippen LogP contribution in [0.5, 0.6) is 0 Å². The van der Waals surface area contributed by atoms with Gasteiger partial charge in [-0.3, -0.25) is 9.89 Å². The average Bonchev–Trinajstić information content (AvgIpc) is 3.26. The normalized spacial score (nSPS) is 18.1. The van der Waals surface area contributed by atoms with E-state index in [0.29, 0.717) is 11.5 Å². The largest absolute Gasteiger partial charge is 0.480 e. The van der Waals surface area contributed by atoms with Gasteiger partial charge < -0.3 is 26.2 Å². The first kappa shape index (κ1) is 27.9. The quantitative estimate of drug-likeness (QED) is 0.228. The van der Waals surface area contributed by atoms with E-state index < -0.39 is 23.7 Å². The van der Waals surface area contributed by atoms with Crippen LogP contribution >= 0.6 is 0 Å². The molecule has 1 saturated heterocycles. The van der Waals surface area contributed by atoms with Crippen LogP contribution in [0.4, 0.5) is 16.3 Å². The van der Waals surface area contributed by atoms with Crippen LogP contribution in [0.3, 0.4) is 0 Å². The van der Waals surface area contributed by atoms with Crippen molar-refractivity contribution in [2.24, 2.45) is 4.99 Å². The summed E-state index contributed by atoms with van der Waals surface area (Å²) in [6.45, 7) is 6.32. The Bertz CT molecular complexity index is 1140. The smallest absolute Gasteiger partial charge is 0.411 e. The molecular formula is C27H38N6O4. The molecule has 1 aliphatic heterocycles. The van der Waals surface area contributed by atoms with E-state index in [-0.39, 0.29) is 19.0 Å². The number of nitrogens with two attached hydrogens (primary N) is 1. The van der Waals surface area contributed by atoms with E-state index >= 15 is 0 Å². The second kappa shape index (κ2) is 12.1. The van der Waals surface area contributed by atoms with Crippen LogP contribution in [0.25, 0.3) is 11.3 Å². The number of hydrogen-bond donors (Lipinski definition) is 4. The summed E-state index contributed by atoms with van der Waals surface area (Å²) in [5.74, 6) is -0.484. The zero-order valence-electron chi connectivity index (χ0n) is 22.2. The van der Waals surface area contributed by atoms with Gasteiger partial charge in [0, 0.05) is 48.6 Å². The minimum Gasteiger partial charge on any atom is -0.480 e. The number of aliphatic carboxylic acids is 1. The molecule has 1 aliphatic rings. The maximum absolute atomic E-state index is 12.6. The molecular weight excluding hydrogens is 472 g/mol. The molecule has 10 heteroatoms. The second-order valence-electron chi connectivity index (χ2n) is 10.1. The number of aromatic nitrogens is 1. The number of hydrogen-bond acceptors (Lipinski definition) is 8. The first-order valence-corrected chi connectivity index (χ1v) is 12.5. The fourth-order valence-electron chi connectivity index (χ4n) is 4.46. The molecule has 0 saturated carbocycles. The maximum Gasteiger partial charge on any atom is 0.411 e. The number of likely N-dealkylation sites (tertiary alicyclic amines) is 1. The predicted octanol–water partition coefficient (Wildman–Crippen LogP) is 3.62. The lowest BCUT2D eigenvalue weighted by Crippen LogP contribution is -2.43. The van der Waals surface area contributed by atoms with Crippen LogP contribution in [-0.4, -0.2) is 77.6 Å². The number of nitrogen functional groups attached to an aromatic ring is 1. The van der Waals surface area contributed by atoms with Crippen molar-refractivity contribution >= 4 is 29.3 Å². The van der Waals surface area contributed by atoms with Crippen LogP contribution in [-0.2, 0) is 9.53 Å². The molecule has 200 valence electrons. The Morgan fingerprint density at radius 1 is 1.24 bits per heavy atom. The number of aliphatic imine (C=N–C) groups is 1. The number of carbonyl (C=O) groups excluding carboxylic acids is 1. The Morgan fingerprint density at radius 3 is 2.62 bits per heavy atom. The molecule has 37 heavy (non-hydrogen) atoms. The Hall–Kier alpha value is -3.66. The summed E-state index contributed by atoms with van der Waals surface area (Å²) >= 11 is 0. The average molecular weight is 511 g/mol. The van der Waals surface area contributed by atoms with Crippen molar-refractivity contribution in [3.05, 3.63) is 42.0 Å². The van der Waals surface area contributed by atoms with E-state index in [1.54, 1.807) is 27.8 Å². The third kappa shape index (κ3) is 7.19. The molecule has 1 aromatic heterocycles. The van der Waals surface area contributed by atoms with Gasteiger partial charge in [-0.15, -0.1) is 0 Å². The molecule has 0 spiro atoms. The van der Waals surface area contributed by atoms with Crippen molar-refractivity contribution in [2.45, 2.75) is 57.7 Å². The highest BCUT2D eigenvalue weighted by Gasteiger charge is 2.41. The molecule has 2 atom stereocenters. The Kier molecular flexibility index (Phi) is 9.09. The van der Waals surface area contributed by atoms with Crippen LogP contribution < -0.4 is 16.4 Å². The molecule has 3 rings (SSSR count). The Balaban J connectivity index is 1.84. The lowest BCUT2D eigenvalue weighted by atomic mass is 9.95. The van der Waals surface area contributed by atoms with E-state index in [1.165, 1.54) is 4.90 Å². The molecule has 1 aromatic carbocycles. The van der Waals surface area contributed by atoms with Crippen LogP contribution in [0.1, 0.15) is 45.6 Å². The molecule has 1 amide bonds. The highest BCUT2D eigenvalue weighted by atomic mass is 16.6. The van der Waals surface area contributed by atoms with Crippen molar-refractivity contribution in [1.82, 2.24) is 15.2 Å². The van der Waals surface area contributed by atoms with Gasteiger partial charge in [-0.1, -0.05) is 18.2 Å². The van der Waals surface area contributed by atoms with Gasteiger partial charge in [0.1, 0.15) is 17.5 Å². The van der Waals surface area contributed by atoms with Gasteiger partial charge in [0.15, 0.2) is 0 Å². The molecule has 0 radical (unpaired) electrons. The number of rotatable bonds is 9. The molecule has 0 aliphatic carbocycles. The number of carboxylic acid groups (broad SMARTS) is 1. The summed E-state index contributed by atoms with van der Waals surface area (Å²) in [7, 11) is 3.69. The number of nitrogens with zero attached hydrogens (tertiary/aromatic N) is 3. The SMILES string of the molecule is CN=C(CCCNC)c1c(N)cccc1-c1cccc(NC2CC(C(=O)O)N(C(=O)OC(C)(C)C)C2)n1. The number of carbonyl (C=O) groups is 2. The summed E-state index contributed by atoms with van der Waals surface area (Å²) in [4.78, 5) is 35.1. The number of amides is 1. The van der Waals surface area contributed by atoms with Gasteiger partial charge in [0.2, 0.25) is 0 Å². The highest BCUT2D eigenvalue weighted by Crippen LogP contribution is 2.30. The van der Waals surface area contributed by atoms with E-state index in [9.17, 15) is 14.7 Å². The minimum absolute atomic E-state index is 0.194. The summed E-state index contributed by atoms with van der Waals surface area (Å²) in [6.07, 6.45) is 1.30. The lowest BCUT2D eigenvalue weighted by molar-refractivity contribution is -0.142. The van der Waals surface area contributed by atoms with E-state index in [4.69, 9.17) is 15.5 Å². The van der Waals surface area contributed by atoms with Crippen molar-refractivity contribution in [3.63, 3.8) is 0 Å². The molecule has 5 N–H and O–H groups in total. The first-order valence-electron chi connectivity index (χ1n) is 12.5. The van der Waals surface area contributed by atoms with Gasteiger partial charge in [-0.05, 0) is 65.4 Å². The van der Waals surface area contributed by atoms with E-state index in [2.05, 4.69) is 15.6 Å². The maximum atomic E-state index is 12.6. The number of ether oxygens (including phenoxy) is 1. The fraction of sp³-hybridized carbons (Fsp3) is 0.481. The molecule has 10 nitrogen and oxygen atoms in total. The minimum atomic E-state index is -1.06. The van der Waals surface area contributed by atoms with Gasteiger partial charge >= 0.3 is 12.1 Å². The standard InChI is InChI=1S/C27H38N6O4/c1-27(2,3)37-26(36)33-16-17(15-22(33)25(34)35)31-23-13-7-11-20(32-23)18-9-6-10-19(28)24(18)21(30-5)12-8-14-29-4/h6-7,9-11,13,17,22,29H,8,12,14-16,28H2,1-5H3,(H,31,32)(H,34,35). The lowest BCUT2D eigenvalue weighted by Gasteiger charge is -2.26. The monoisotopic (exact) mass is 510 g/mol. The Morgan fingerprint density at radius 2 is 1.97 bits per heavy atom. The van der Waals surface area contributed by atoms with Gasteiger partial charge in [0.25, 0.3) is 0 Å². The summed E-state index contributed by atoms with van der Waals surface area (Å²) in [5.41, 5.74) is 9.69. The second-order valence-corrected chi connectivity index (χ2v) is 10.1. The van der Waals surface area contributed by atoms with Crippen LogP contribution in [0.15, 0.2) is 41.4 Å². The van der Waals surface area contributed by atoms with E-state index in [1.807, 2.05) is 43.4 Å². The van der Waals surface area contributed by atoms with Crippen LogP contribution in [0.2, 0.25) is 0 Å². The van der Waals surface area contributed by atoms with Gasteiger partial charge in [-0.25, -0.2) is 14.6 Å². The molecule has 2 aromatic rings. The topological polar surface area (TPSA) is 142 Å². The molecule has 2 unspecified atom stereocenters. The zero-order chi connectivity index (χ0) is 27.2. The third-order valence-corrected chi connectivity index (χ3v) is 6.09. The number of benzene rings is 1. The summed E-state index contributed by atoms with van der Waals surface area (Å²) < 4.78 is 5.42.